The first-order chi connectivity index (χ1) is 53.9. The molecule has 2 unspecified atom stereocenters. The van der Waals surface area contributed by atoms with Gasteiger partial charge in [0.25, 0.3) is 11.1 Å². The minimum Gasteiger partial charge on any atom is -0.423 e. The number of esters is 2. The van der Waals surface area contributed by atoms with Crippen LogP contribution in [0.25, 0.3) is 50.7 Å². The molecule has 12 heterocycles. The number of H-pyrrole nitrogens is 2. The third-order valence-corrected chi connectivity index (χ3v) is 17.8. The maximum absolute atomic E-state index is 12.3. The number of nitrogens with two attached hydrogens (primary N) is 3. The van der Waals surface area contributed by atoms with Gasteiger partial charge in [0.05, 0.1) is 85.1 Å². The molecule has 14 rings (SSSR count). The lowest BCUT2D eigenvalue weighted by atomic mass is 10.1. The number of quaternary nitrogens is 1. The van der Waals surface area contributed by atoms with Crippen LogP contribution in [0.1, 0.15) is 64.9 Å². The van der Waals surface area contributed by atoms with Gasteiger partial charge in [-0.25, -0.2) is 49.5 Å². The van der Waals surface area contributed by atoms with Gasteiger partial charge >= 0.3 is 17.9 Å². The lowest BCUT2D eigenvalue weighted by molar-refractivity contribution is -0.129. The summed E-state index contributed by atoms with van der Waals surface area (Å²) in [5.41, 5.74) is 19.9. The molecule has 14 atom stereocenters. The largest absolute Gasteiger partial charge is 0.423 e. The standard InChI is InChI=1S/C21H23N5O6.C15H23N5O4.C12H16BrN5O4.C12H17N5O4.C9H8O2.C2H6.CH4/c1-29-10-13-18(30-2)17(28)21(32-13)26-11-23-16-19(22)24-14(25-20(16)26)8-9-15(27)31-12-6-4-3-5-7-12;1-20(2,3)15-17-13-12(14(21)18-15)16-8-19(13)11-6-9(23-5)10(24-11)7-22-4;1-20-3-5-8(21-2)7(19)11(22-5)18-4-15-6-9(14)16-12(13)17-10(6)18;1-19-4-7-6(20-2)3-8(21-7)17-5-14-9-10(17)15-12(13)16-11(9)18;1-2-9(10)11-8-6-4-3-5-7-8;1-2;/h3-9,11,13,17-18,21,28H,10H2,1-2H3,(H2,22,24,25);8-11H,6-7H2,1-5H3;4-5,7-8,11,19H,3H2,1-2H3,(H2,14,16,17);5-8H,3-4H2,1-2H3,(H3,13,15,16,18);2-7H,1H2;1-2H3;1H4/p+1/b9-8+;;;;;;/t13-,17?,18+,21-;9-,10-,11-;5-,7?,8+,11-;6-,7-,8-;;;/m1111.../s1. The molecule has 0 radical (unpaired) electrons. The SMILES string of the molecule is C.C=CC(=O)Oc1ccccc1.CC.COC[C@H]1O[C@@H](n2cnc3c(=O)[nH]c(N)nc32)C[C@H]1OC.COC[C@H]1O[C@@H](n2cnc3c(=O)[nH]c([N+](C)(C)C)nc32)C[C@H]1OC.COC[C@H]1O[C@@H](n2cnc3c(N)nc(/C=C/C(=O)Oc4ccccc4)nc32)C(O)[C@H]1OC.COC[C@H]1O[C@@H](n2cnc3c(N)nc(Br)nc32)C(O)[C@H]1OC. The van der Waals surface area contributed by atoms with E-state index in [1.165, 1.54) is 52.5 Å². The Kier molecular flexibility index (Phi) is 32.2. The molecule has 41 heteroatoms. The van der Waals surface area contributed by atoms with Crippen molar-refractivity contribution in [1.29, 1.82) is 0 Å². The van der Waals surface area contributed by atoms with Crippen molar-refractivity contribution in [2.45, 2.75) is 120 Å². The van der Waals surface area contributed by atoms with Crippen LogP contribution < -0.4 is 42.3 Å². The van der Waals surface area contributed by atoms with Crippen LogP contribution in [0.5, 0.6) is 11.5 Å². The number of aromatic nitrogens is 16. The third-order valence-electron chi connectivity index (χ3n) is 17.5. The van der Waals surface area contributed by atoms with E-state index in [-0.39, 0.29) is 90.9 Å². The molecule has 4 fully saturated rings. The van der Waals surface area contributed by atoms with E-state index >= 15 is 0 Å². The lowest BCUT2D eigenvalue weighted by Crippen LogP contribution is -2.38. The number of hydrogen-bond acceptors (Lipinski definition) is 33. The van der Waals surface area contributed by atoms with Crippen LogP contribution in [0.2, 0.25) is 0 Å². The summed E-state index contributed by atoms with van der Waals surface area (Å²) in [5.74, 6) is 1.08. The number of carbonyl (C=O) groups excluding carboxylic acids is 2. The minimum absolute atomic E-state index is 0. The third kappa shape index (κ3) is 21.2. The molecule has 2 aromatic carbocycles. The summed E-state index contributed by atoms with van der Waals surface area (Å²) in [6, 6.07) is 17.5. The molecule has 10 aromatic rings. The van der Waals surface area contributed by atoms with Gasteiger partial charge in [0.2, 0.25) is 10.7 Å². The fourth-order valence-corrected chi connectivity index (χ4v) is 12.6. The highest BCUT2D eigenvalue weighted by Gasteiger charge is 2.47. The molecule has 0 aliphatic carbocycles. The van der Waals surface area contributed by atoms with E-state index in [9.17, 15) is 29.4 Å². The fourth-order valence-electron chi connectivity index (χ4n) is 12.3. The van der Waals surface area contributed by atoms with Crippen LogP contribution >= 0.6 is 15.9 Å². The van der Waals surface area contributed by atoms with Gasteiger partial charge in [0.1, 0.15) is 83.8 Å². The summed E-state index contributed by atoms with van der Waals surface area (Å²) < 4.78 is 83.4. The average molecular weight is 1640 g/mol. The van der Waals surface area contributed by atoms with Crippen LogP contribution in [-0.4, -0.2) is 266 Å². The van der Waals surface area contributed by atoms with E-state index in [1.807, 2.05) is 47.1 Å². The average Bonchev–Trinajstić information content (AvgIpc) is 1.64. The highest BCUT2D eigenvalue weighted by molar-refractivity contribution is 9.10. The first kappa shape index (κ1) is 88.5. The van der Waals surface area contributed by atoms with Crippen molar-refractivity contribution in [2.24, 2.45) is 0 Å². The van der Waals surface area contributed by atoms with Crippen molar-refractivity contribution in [3.8, 4) is 11.5 Å². The molecule has 113 heavy (non-hydrogen) atoms. The number of fused-ring (bicyclic) bond motifs is 4. The summed E-state index contributed by atoms with van der Waals surface area (Å²) in [7, 11) is 18.4. The Hall–Kier alpha value is -10.1. The normalized spacial score (nSPS) is 23.1. The Morgan fingerprint density at radius 1 is 0.549 bits per heavy atom. The Balaban J connectivity index is 0.000000181. The second-order valence-electron chi connectivity index (χ2n) is 25.6. The Morgan fingerprint density at radius 2 is 0.956 bits per heavy atom. The molecule has 0 spiro atoms. The van der Waals surface area contributed by atoms with Gasteiger partial charge in [-0.3, -0.25) is 42.3 Å². The summed E-state index contributed by atoms with van der Waals surface area (Å²) in [6.07, 6.45) is 4.56. The van der Waals surface area contributed by atoms with Gasteiger partial charge in [-0.05, 0) is 46.3 Å². The number of halogens is 1. The number of hydrogen-bond donors (Lipinski definition) is 7. The van der Waals surface area contributed by atoms with Crippen molar-refractivity contribution >= 4 is 102 Å². The van der Waals surface area contributed by atoms with Crippen molar-refractivity contribution in [1.82, 2.24) is 82.6 Å². The molecule has 8 aromatic heterocycles. The zero-order chi connectivity index (χ0) is 81.1. The van der Waals surface area contributed by atoms with Crippen LogP contribution in [0.4, 0.5) is 23.5 Å². The van der Waals surface area contributed by atoms with Crippen molar-refractivity contribution in [3.05, 3.63) is 136 Å². The number of benzene rings is 2. The molecule has 4 aliphatic rings. The predicted molar refractivity (Wildman–Crippen MR) is 416 cm³/mol. The number of aliphatic hydroxyl groups excluding tert-OH is 2. The van der Waals surface area contributed by atoms with Crippen LogP contribution in [-0.2, 0) is 66.4 Å². The summed E-state index contributed by atoms with van der Waals surface area (Å²) in [5, 5.41) is 21.2. The topological polar surface area (TPSA) is 496 Å². The molecule has 0 bridgehead atoms. The van der Waals surface area contributed by atoms with E-state index in [4.69, 9.17) is 83.5 Å². The number of para-hydroxylation sites is 2. The molecule has 4 aliphatic heterocycles. The van der Waals surface area contributed by atoms with E-state index in [0.717, 1.165) is 6.08 Å². The van der Waals surface area contributed by atoms with Gasteiger partial charge in [-0.1, -0.05) is 64.3 Å². The minimum atomic E-state index is -0.992. The number of rotatable bonds is 22. The van der Waals surface area contributed by atoms with Gasteiger partial charge in [-0.2, -0.15) is 9.97 Å². The molecular weight excluding hydrogens is 1540 g/mol. The van der Waals surface area contributed by atoms with Crippen LogP contribution in [0.15, 0.2) is 119 Å². The molecule has 0 amide bonds. The van der Waals surface area contributed by atoms with Crippen molar-refractivity contribution in [3.63, 3.8) is 0 Å². The van der Waals surface area contributed by atoms with E-state index in [2.05, 4.69) is 82.3 Å². The Morgan fingerprint density at radius 3 is 1.40 bits per heavy atom. The van der Waals surface area contributed by atoms with E-state index in [1.54, 1.807) is 109 Å². The second-order valence-corrected chi connectivity index (χ2v) is 26.3. The number of aliphatic hydroxyl groups is 2. The molecular formula is C72H98BrN20O20+. The van der Waals surface area contributed by atoms with Crippen molar-refractivity contribution in [2.75, 3.05) is 122 Å². The Labute approximate surface area is 657 Å². The molecule has 4 saturated heterocycles. The number of carbonyl (C=O) groups is 2. The second kappa shape index (κ2) is 41.1. The number of anilines is 3. The summed E-state index contributed by atoms with van der Waals surface area (Å²) in [4.78, 5) is 94.3. The van der Waals surface area contributed by atoms with Gasteiger partial charge in [0, 0.05) is 81.9 Å². The first-order valence-electron chi connectivity index (χ1n) is 35.0. The number of nitrogen functional groups attached to an aromatic ring is 3. The van der Waals surface area contributed by atoms with Crippen LogP contribution in [0.3, 0.4) is 0 Å². The van der Waals surface area contributed by atoms with Gasteiger partial charge in [-0.15, -0.1) is 0 Å². The van der Waals surface area contributed by atoms with Crippen molar-refractivity contribution < 1.29 is 86.1 Å². The number of imidazole rings is 4. The molecule has 0 saturated carbocycles. The zero-order valence-corrected chi connectivity index (χ0v) is 65.5. The van der Waals surface area contributed by atoms with Gasteiger partial charge < -0.3 is 93.7 Å². The lowest BCUT2D eigenvalue weighted by Gasteiger charge is -2.21. The Bertz CT molecular complexity index is 4890. The summed E-state index contributed by atoms with van der Waals surface area (Å²) >= 11 is 3.20. The predicted octanol–water partition coefficient (Wildman–Crippen LogP) is 4.39. The number of ether oxygens (including phenoxy) is 14. The van der Waals surface area contributed by atoms with E-state index < -0.39 is 61.0 Å². The number of nitrogens with zero attached hydrogens (tertiary/aromatic N) is 15. The monoisotopic (exact) mass is 1640 g/mol. The number of aromatic amines is 2. The number of methoxy groups -OCH3 is 8. The molecule has 10 N–H and O–H groups in total. The summed E-state index contributed by atoms with van der Waals surface area (Å²) in [6.45, 7) is 8.70. The zero-order valence-electron chi connectivity index (χ0n) is 63.9. The van der Waals surface area contributed by atoms with Gasteiger partial charge in [0.15, 0.2) is 63.5 Å². The first-order valence-corrected chi connectivity index (χ1v) is 35.7. The van der Waals surface area contributed by atoms with E-state index in [0.29, 0.717) is 98.5 Å². The smallest absolute Gasteiger partial charge is 0.336 e. The fraction of sp³-hybridized carbons (Fsp3) is 0.472. The quantitative estimate of drug-likeness (QED) is 0.0163. The van der Waals surface area contributed by atoms with Crippen LogP contribution in [0, 0.1) is 0 Å². The highest BCUT2D eigenvalue weighted by atomic mass is 79.9. The molecule has 612 valence electrons. The maximum atomic E-state index is 12.3. The highest BCUT2D eigenvalue weighted by Crippen LogP contribution is 2.38. The maximum Gasteiger partial charge on any atom is 0.336 e. The molecule has 40 nitrogen and oxygen atoms in total. The number of nitrogens with one attached hydrogen (secondary N) is 2.